The van der Waals surface area contributed by atoms with Crippen molar-refractivity contribution in [3.63, 3.8) is 0 Å². The Morgan fingerprint density at radius 2 is 2.13 bits per heavy atom. The van der Waals surface area contributed by atoms with E-state index in [4.69, 9.17) is 4.74 Å². The van der Waals surface area contributed by atoms with Crippen LogP contribution in [0.3, 0.4) is 0 Å². The van der Waals surface area contributed by atoms with Gasteiger partial charge >= 0.3 is 0 Å². The molecule has 0 radical (unpaired) electrons. The van der Waals surface area contributed by atoms with E-state index in [1.54, 1.807) is 23.9 Å². The van der Waals surface area contributed by atoms with E-state index in [1.807, 2.05) is 6.26 Å². The third kappa shape index (κ3) is 5.21. The molecule has 1 amide bonds. The summed E-state index contributed by atoms with van der Waals surface area (Å²) in [5.41, 5.74) is 0.648. The van der Waals surface area contributed by atoms with Gasteiger partial charge in [-0.25, -0.2) is 13.8 Å². The summed E-state index contributed by atoms with van der Waals surface area (Å²) in [6.07, 6.45) is 3.89. The Labute approximate surface area is 137 Å². The monoisotopic (exact) mass is 338 g/mol. The van der Waals surface area contributed by atoms with Crippen molar-refractivity contribution in [1.29, 1.82) is 0 Å². The molecule has 1 aromatic carbocycles. The van der Waals surface area contributed by atoms with Crippen molar-refractivity contribution in [2.45, 2.75) is 13.0 Å². The van der Waals surface area contributed by atoms with Crippen molar-refractivity contribution in [1.82, 2.24) is 10.3 Å². The number of pyridine rings is 1. The number of thioether (sulfide) groups is 1. The largest absolute Gasteiger partial charge is 0.439 e. The van der Waals surface area contributed by atoms with E-state index in [1.165, 1.54) is 12.3 Å². The summed E-state index contributed by atoms with van der Waals surface area (Å²) >= 11 is 1.60. The maximum Gasteiger partial charge on any atom is 0.224 e. The number of nitrogens with one attached hydrogen (secondary N) is 1. The predicted octanol–water partition coefficient (Wildman–Crippen LogP) is 3.52. The second-order valence-corrected chi connectivity index (χ2v) is 5.65. The first kappa shape index (κ1) is 17.2. The molecule has 1 heterocycles. The maximum atomic E-state index is 13.2. The first-order chi connectivity index (χ1) is 11.1. The number of benzene rings is 1. The van der Waals surface area contributed by atoms with Crippen molar-refractivity contribution in [3.05, 3.63) is 53.7 Å². The number of carbonyl (C=O) groups excluding carboxylic acids is 1. The van der Waals surface area contributed by atoms with E-state index in [-0.39, 0.29) is 24.1 Å². The molecule has 2 aromatic rings. The molecular weight excluding hydrogens is 322 g/mol. The molecule has 0 atom stereocenters. The maximum absolute atomic E-state index is 13.2. The Morgan fingerprint density at radius 1 is 1.30 bits per heavy atom. The summed E-state index contributed by atoms with van der Waals surface area (Å²) in [5, 5.41) is 2.77. The number of ether oxygens (including phenoxy) is 1. The second-order valence-electron chi connectivity index (χ2n) is 4.67. The molecule has 23 heavy (non-hydrogen) atoms. The van der Waals surface area contributed by atoms with E-state index in [9.17, 15) is 13.6 Å². The van der Waals surface area contributed by atoms with Gasteiger partial charge < -0.3 is 10.1 Å². The minimum absolute atomic E-state index is 0.0676. The number of aromatic nitrogens is 1. The van der Waals surface area contributed by atoms with Crippen molar-refractivity contribution < 1.29 is 18.3 Å². The Morgan fingerprint density at radius 3 is 2.87 bits per heavy atom. The number of nitrogens with zero attached hydrogens (tertiary/aromatic N) is 1. The predicted molar refractivity (Wildman–Crippen MR) is 85.5 cm³/mol. The molecule has 0 bridgehead atoms. The van der Waals surface area contributed by atoms with Gasteiger partial charge in [-0.1, -0.05) is 6.07 Å². The van der Waals surface area contributed by atoms with Crippen LogP contribution in [0.5, 0.6) is 11.6 Å². The van der Waals surface area contributed by atoms with Gasteiger partial charge in [-0.2, -0.15) is 11.8 Å². The van der Waals surface area contributed by atoms with Crippen LogP contribution in [0.15, 0.2) is 36.5 Å². The molecule has 0 aliphatic heterocycles. The van der Waals surface area contributed by atoms with Crippen LogP contribution < -0.4 is 10.1 Å². The third-order valence-corrected chi connectivity index (χ3v) is 3.58. The van der Waals surface area contributed by atoms with Gasteiger partial charge in [-0.05, 0) is 24.5 Å². The SMILES string of the molecule is CSCCC(=O)NCc1cccnc1Oc1ccc(F)c(F)c1. The van der Waals surface area contributed by atoms with Crippen molar-refractivity contribution in [2.24, 2.45) is 0 Å². The van der Waals surface area contributed by atoms with Crippen LogP contribution in [0, 0.1) is 11.6 Å². The van der Waals surface area contributed by atoms with Gasteiger partial charge in [0.05, 0.1) is 0 Å². The normalized spacial score (nSPS) is 10.4. The zero-order valence-corrected chi connectivity index (χ0v) is 13.3. The Balaban J connectivity index is 2.05. The minimum atomic E-state index is -0.995. The molecule has 0 aliphatic carbocycles. The molecule has 0 saturated heterocycles. The summed E-state index contributed by atoms with van der Waals surface area (Å²) < 4.78 is 31.6. The highest BCUT2D eigenvalue weighted by atomic mass is 32.2. The van der Waals surface area contributed by atoms with Gasteiger partial charge in [0, 0.05) is 36.5 Å². The van der Waals surface area contributed by atoms with Crippen molar-refractivity contribution in [3.8, 4) is 11.6 Å². The van der Waals surface area contributed by atoms with E-state index in [0.29, 0.717) is 12.0 Å². The van der Waals surface area contributed by atoms with Gasteiger partial charge in [0.2, 0.25) is 11.8 Å². The van der Waals surface area contributed by atoms with Gasteiger partial charge in [0.15, 0.2) is 11.6 Å². The van der Waals surface area contributed by atoms with Crippen molar-refractivity contribution in [2.75, 3.05) is 12.0 Å². The molecule has 122 valence electrons. The van der Waals surface area contributed by atoms with Crippen LogP contribution >= 0.6 is 11.8 Å². The molecule has 0 aliphatic rings. The highest BCUT2D eigenvalue weighted by Gasteiger charge is 2.10. The van der Waals surface area contributed by atoms with Gasteiger partial charge in [0.1, 0.15) is 5.75 Å². The zero-order chi connectivity index (χ0) is 16.7. The zero-order valence-electron chi connectivity index (χ0n) is 12.5. The standard InChI is InChI=1S/C16H16F2N2O2S/c1-23-8-6-15(21)20-10-11-3-2-7-19-16(11)22-12-4-5-13(17)14(18)9-12/h2-5,7,9H,6,8,10H2,1H3,(H,20,21). The highest BCUT2D eigenvalue weighted by Crippen LogP contribution is 2.24. The minimum Gasteiger partial charge on any atom is -0.439 e. The molecule has 2 rings (SSSR count). The lowest BCUT2D eigenvalue weighted by Gasteiger charge is -2.11. The number of hydrogen-bond donors (Lipinski definition) is 1. The lowest BCUT2D eigenvalue weighted by atomic mass is 10.2. The van der Waals surface area contributed by atoms with Crippen molar-refractivity contribution >= 4 is 17.7 Å². The Kier molecular flexibility index (Phi) is 6.34. The van der Waals surface area contributed by atoms with Crippen LogP contribution in [0.4, 0.5) is 8.78 Å². The fraction of sp³-hybridized carbons (Fsp3) is 0.250. The summed E-state index contributed by atoms with van der Waals surface area (Å²) in [7, 11) is 0. The summed E-state index contributed by atoms with van der Waals surface area (Å²) in [5.74, 6) is -0.884. The molecule has 0 unspecified atom stereocenters. The molecular formula is C16H16F2N2O2S. The third-order valence-electron chi connectivity index (χ3n) is 2.96. The number of carbonyl (C=O) groups is 1. The van der Waals surface area contributed by atoms with Crippen LogP contribution in [0.2, 0.25) is 0 Å². The van der Waals surface area contributed by atoms with Crippen LogP contribution in [-0.4, -0.2) is 22.9 Å². The quantitative estimate of drug-likeness (QED) is 0.839. The van der Waals surface area contributed by atoms with Crippen LogP contribution in [0.1, 0.15) is 12.0 Å². The first-order valence-electron chi connectivity index (χ1n) is 6.92. The fourth-order valence-electron chi connectivity index (χ4n) is 1.78. The highest BCUT2D eigenvalue weighted by molar-refractivity contribution is 7.98. The number of amides is 1. The Bertz CT molecular complexity index is 683. The van der Waals surface area contributed by atoms with E-state index < -0.39 is 11.6 Å². The van der Waals surface area contributed by atoms with Crippen LogP contribution in [-0.2, 0) is 11.3 Å². The van der Waals surface area contributed by atoms with Gasteiger partial charge in [-0.3, -0.25) is 4.79 Å². The molecule has 0 spiro atoms. The van der Waals surface area contributed by atoms with Gasteiger partial charge in [-0.15, -0.1) is 0 Å². The molecule has 0 saturated carbocycles. The van der Waals surface area contributed by atoms with E-state index in [0.717, 1.165) is 17.9 Å². The summed E-state index contributed by atoms with van der Waals surface area (Å²) in [6, 6.07) is 6.70. The summed E-state index contributed by atoms with van der Waals surface area (Å²) in [6.45, 7) is 0.250. The molecule has 4 nitrogen and oxygen atoms in total. The fourth-order valence-corrected chi connectivity index (χ4v) is 2.17. The molecule has 0 fully saturated rings. The Hall–Kier alpha value is -2.15. The average Bonchev–Trinajstić information content (AvgIpc) is 2.55. The average molecular weight is 338 g/mol. The smallest absolute Gasteiger partial charge is 0.224 e. The number of hydrogen-bond acceptors (Lipinski definition) is 4. The van der Waals surface area contributed by atoms with E-state index in [2.05, 4.69) is 10.3 Å². The lowest BCUT2D eigenvalue weighted by Crippen LogP contribution is -2.23. The molecule has 1 aromatic heterocycles. The lowest BCUT2D eigenvalue weighted by molar-refractivity contribution is -0.120. The van der Waals surface area contributed by atoms with Gasteiger partial charge in [0.25, 0.3) is 0 Å². The number of rotatable bonds is 7. The second kappa shape index (κ2) is 8.47. The van der Waals surface area contributed by atoms with Crippen LogP contribution in [0.25, 0.3) is 0 Å². The molecule has 7 heteroatoms. The number of halogens is 2. The molecule has 1 N–H and O–H groups in total. The topological polar surface area (TPSA) is 51.2 Å². The summed E-state index contributed by atoms with van der Waals surface area (Å²) in [4.78, 5) is 15.7. The van der Waals surface area contributed by atoms with E-state index >= 15 is 0 Å². The first-order valence-corrected chi connectivity index (χ1v) is 8.32.